The van der Waals surface area contributed by atoms with Gasteiger partial charge in [0.2, 0.25) is 5.91 Å². The molecule has 7 nitrogen and oxygen atoms in total. The molecule has 7 heteroatoms. The highest BCUT2D eigenvalue weighted by molar-refractivity contribution is 6.21. The highest BCUT2D eigenvalue weighted by Crippen LogP contribution is 2.21. The zero-order valence-corrected chi connectivity index (χ0v) is 17.3. The van der Waals surface area contributed by atoms with Crippen LogP contribution in [0.2, 0.25) is 0 Å². The van der Waals surface area contributed by atoms with Gasteiger partial charge in [0.25, 0.3) is 17.7 Å². The number of carbonyl (C=O) groups excluding carboxylic acids is 4. The second-order valence-electron chi connectivity index (χ2n) is 8.20. The zero-order valence-electron chi connectivity index (χ0n) is 17.3. The molecule has 0 aromatic heterocycles. The molecule has 1 aliphatic rings. The first kappa shape index (κ1) is 21.2. The molecule has 2 aromatic rings. The molecular formula is C23H25N3O4. The van der Waals surface area contributed by atoms with E-state index in [2.05, 4.69) is 10.6 Å². The first-order chi connectivity index (χ1) is 14.2. The third kappa shape index (κ3) is 4.56. The molecule has 0 radical (unpaired) electrons. The first-order valence-electron chi connectivity index (χ1n) is 9.79. The first-order valence-corrected chi connectivity index (χ1v) is 9.79. The van der Waals surface area contributed by atoms with Crippen LogP contribution in [-0.4, -0.2) is 41.6 Å². The van der Waals surface area contributed by atoms with E-state index in [9.17, 15) is 19.2 Å². The Hall–Kier alpha value is -3.48. The van der Waals surface area contributed by atoms with Crippen LogP contribution in [0.1, 0.15) is 57.4 Å². The van der Waals surface area contributed by atoms with E-state index in [4.69, 9.17) is 0 Å². The molecule has 0 saturated carbocycles. The molecule has 156 valence electrons. The van der Waals surface area contributed by atoms with Crippen molar-refractivity contribution >= 4 is 23.6 Å². The van der Waals surface area contributed by atoms with Crippen molar-refractivity contribution in [2.24, 2.45) is 5.41 Å². The van der Waals surface area contributed by atoms with E-state index < -0.39 is 5.41 Å². The maximum absolute atomic E-state index is 12.5. The summed E-state index contributed by atoms with van der Waals surface area (Å²) < 4.78 is 0. The van der Waals surface area contributed by atoms with Gasteiger partial charge in [0.15, 0.2) is 0 Å². The summed E-state index contributed by atoms with van der Waals surface area (Å²) in [7, 11) is 0. The molecule has 2 N–H and O–H groups in total. The number of hydrogen-bond donors (Lipinski definition) is 2. The van der Waals surface area contributed by atoms with E-state index in [1.165, 1.54) is 0 Å². The highest BCUT2D eigenvalue weighted by atomic mass is 16.2. The smallest absolute Gasteiger partial charge is 0.261 e. The lowest BCUT2D eigenvalue weighted by Gasteiger charge is -2.18. The zero-order chi connectivity index (χ0) is 21.9. The number of amides is 4. The van der Waals surface area contributed by atoms with Crippen LogP contribution in [0.4, 0.5) is 0 Å². The van der Waals surface area contributed by atoms with E-state index in [1.807, 2.05) is 26.8 Å². The molecule has 0 atom stereocenters. The average Bonchev–Trinajstić information content (AvgIpc) is 2.96. The van der Waals surface area contributed by atoms with Gasteiger partial charge in [0.05, 0.1) is 11.1 Å². The van der Waals surface area contributed by atoms with Crippen molar-refractivity contribution in [1.82, 2.24) is 15.5 Å². The number of fused-ring (bicyclic) bond motifs is 1. The van der Waals surface area contributed by atoms with Gasteiger partial charge >= 0.3 is 0 Å². The molecule has 3 rings (SSSR count). The molecule has 0 bridgehead atoms. The van der Waals surface area contributed by atoms with Gasteiger partial charge in [0, 0.05) is 30.6 Å². The molecule has 1 heterocycles. The normalized spacial score (nSPS) is 13.2. The lowest BCUT2D eigenvalue weighted by atomic mass is 9.95. The van der Waals surface area contributed by atoms with Gasteiger partial charge in [-0.05, 0) is 29.8 Å². The maximum Gasteiger partial charge on any atom is 0.261 e. The van der Waals surface area contributed by atoms with Crippen molar-refractivity contribution in [1.29, 1.82) is 0 Å². The van der Waals surface area contributed by atoms with Crippen molar-refractivity contribution < 1.29 is 19.2 Å². The standard InChI is InChI=1S/C23H25N3O4/c1-23(2,3)22(30)25-14-15-7-6-8-16(13-15)19(27)24-11-12-26-20(28)17-9-4-5-10-18(17)21(26)29/h4-10,13H,11-12,14H2,1-3H3,(H,24,27)(H,25,30). The number of carbonyl (C=O) groups is 4. The largest absolute Gasteiger partial charge is 0.352 e. The number of hydrogen-bond acceptors (Lipinski definition) is 4. The van der Waals surface area contributed by atoms with E-state index >= 15 is 0 Å². The van der Waals surface area contributed by atoms with Crippen LogP contribution >= 0.6 is 0 Å². The van der Waals surface area contributed by atoms with Crippen molar-refractivity contribution in [2.75, 3.05) is 13.1 Å². The highest BCUT2D eigenvalue weighted by Gasteiger charge is 2.34. The predicted octanol–water partition coefficient (Wildman–Crippen LogP) is 2.37. The summed E-state index contributed by atoms with van der Waals surface area (Å²) in [4.78, 5) is 50.3. The van der Waals surface area contributed by atoms with E-state index in [0.29, 0.717) is 23.2 Å². The molecule has 4 amide bonds. The molecular weight excluding hydrogens is 382 g/mol. The van der Waals surface area contributed by atoms with Crippen molar-refractivity contribution in [3.8, 4) is 0 Å². The van der Waals surface area contributed by atoms with Crippen LogP contribution in [0.25, 0.3) is 0 Å². The molecule has 30 heavy (non-hydrogen) atoms. The van der Waals surface area contributed by atoms with Gasteiger partial charge in [-0.3, -0.25) is 24.1 Å². The number of rotatable bonds is 6. The second kappa shape index (κ2) is 8.49. The summed E-state index contributed by atoms with van der Waals surface area (Å²) in [5, 5.41) is 5.59. The monoisotopic (exact) mass is 407 g/mol. The SMILES string of the molecule is CC(C)(C)C(=O)NCc1cccc(C(=O)NCCN2C(=O)c3ccccc3C2=O)c1. The fourth-order valence-electron chi connectivity index (χ4n) is 3.10. The topological polar surface area (TPSA) is 95.6 Å². The molecule has 0 fully saturated rings. The van der Waals surface area contributed by atoms with Crippen molar-refractivity contribution in [2.45, 2.75) is 27.3 Å². The van der Waals surface area contributed by atoms with E-state index in [-0.39, 0.29) is 36.7 Å². The Morgan fingerprint density at radius 2 is 1.53 bits per heavy atom. The Kier molecular flexibility index (Phi) is 6.01. The number of nitrogens with one attached hydrogen (secondary N) is 2. The Balaban J connectivity index is 1.54. The van der Waals surface area contributed by atoms with Gasteiger partial charge in [-0.1, -0.05) is 45.0 Å². The minimum atomic E-state index is -0.487. The Morgan fingerprint density at radius 1 is 0.900 bits per heavy atom. The minimum Gasteiger partial charge on any atom is -0.352 e. The van der Waals surface area contributed by atoms with E-state index in [0.717, 1.165) is 10.5 Å². The number of benzene rings is 2. The maximum atomic E-state index is 12.5. The van der Waals surface area contributed by atoms with Crippen LogP contribution in [-0.2, 0) is 11.3 Å². The fraction of sp³-hybridized carbons (Fsp3) is 0.304. The Labute approximate surface area is 175 Å². The van der Waals surface area contributed by atoms with Gasteiger partial charge in [0.1, 0.15) is 0 Å². The van der Waals surface area contributed by atoms with Crippen molar-refractivity contribution in [3.63, 3.8) is 0 Å². The third-order valence-corrected chi connectivity index (χ3v) is 4.82. The Bertz CT molecular complexity index is 973. The summed E-state index contributed by atoms with van der Waals surface area (Å²) in [6.07, 6.45) is 0. The van der Waals surface area contributed by atoms with Crippen molar-refractivity contribution in [3.05, 3.63) is 70.8 Å². The predicted molar refractivity (Wildman–Crippen MR) is 112 cm³/mol. The summed E-state index contributed by atoms with van der Waals surface area (Å²) in [5.41, 5.74) is 1.54. The fourth-order valence-corrected chi connectivity index (χ4v) is 3.10. The lowest BCUT2D eigenvalue weighted by Crippen LogP contribution is -2.38. The van der Waals surface area contributed by atoms with Crippen LogP contribution in [0.15, 0.2) is 48.5 Å². The van der Waals surface area contributed by atoms with Gasteiger partial charge in [-0.2, -0.15) is 0 Å². The number of nitrogens with zero attached hydrogens (tertiary/aromatic N) is 1. The molecule has 2 aromatic carbocycles. The summed E-state index contributed by atoms with van der Waals surface area (Å²) in [6.45, 7) is 6.07. The van der Waals surface area contributed by atoms with Crippen LogP contribution in [0.5, 0.6) is 0 Å². The number of imide groups is 1. The quantitative estimate of drug-likeness (QED) is 0.719. The average molecular weight is 407 g/mol. The minimum absolute atomic E-state index is 0.0710. The van der Waals surface area contributed by atoms with Crippen LogP contribution < -0.4 is 10.6 Å². The Morgan fingerprint density at radius 3 is 2.13 bits per heavy atom. The second-order valence-corrected chi connectivity index (χ2v) is 8.20. The molecule has 0 unspecified atom stereocenters. The van der Waals surface area contributed by atoms with Gasteiger partial charge < -0.3 is 10.6 Å². The summed E-state index contributed by atoms with van der Waals surface area (Å²) in [6, 6.07) is 13.6. The van der Waals surface area contributed by atoms with E-state index in [1.54, 1.807) is 42.5 Å². The molecule has 0 spiro atoms. The van der Waals surface area contributed by atoms with Gasteiger partial charge in [-0.25, -0.2) is 0 Å². The summed E-state index contributed by atoms with van der Waals surface area (Å²) in [5.74, 6) is -1.07. The lowest BCUT2D eigenvalue weighted by molar-refractivity contribution is -0.128. The van der Waals surface area contributed by atoms with Crippen LogP contribution in [0.3, 0.4) is 0 Å². The molecule has 0 aliphatic carbocycles. The van der Waals surface area contributed by atoms with Gasteiger partial charge in [-0.15, -0.1) is 0 Å². The molecule has 0 saturated heterocycles. The third-order valence-electron chi connectivity index (χ3n) is 4.82. The van der Waals surface area contributed by atoms with Crippen LogP contribution in [0, 0.1) is 5.41 Å². The molecule has 1 aliphatic heterocycles. The summed E-state index contributed by atoms with van der Waals surface area (Å²) >= 11 is 0.